The topological polar surface area (TPSA) is 55.4 Å². The van der Waals surface area contributed by atoms with Gasteiger partial charge in [-0.3, -0.25) is 4.79 Å². The molecule has 1 aromatic carbocycles. The van der Waals surface area contributed by atoms with E-state index < -0.39 is 5.41 Å². The van der Waals surface area contributed by atoms with Crippen LogP contribution in [0.25, 0.3) is 0 Å². The molecule has 1 amide bonds. The molecule has 0 atom stereocenters. The molecule has 0 saturated heterocycles. The van der Waals surface area contributed by atoms with E-state index in [-0.39, 0.29) is 11.9 Å². The summed E-state index contributed by atoms with van der Waals surface area (Å²) in [5.41, 5.74) is 0.758. The molecule has 0 heterocycles. The normalized spacial score (nSPS) is 10.9. The van der Waals surface area contributed by atoms with Crippen molar-refractivity contribution < 1.29 is 14.3 Å². The maximum absolute atomic E-state index is 12.0. The number of rotatable bonds is 5. The van der Waals surface area contributed by atoms with Gasteiger partial charge in [-0.25, -0.2) is 4.79 Å². The highest BCUT2D eigenvalue weighted by Gasteiger charge is 2.25. The standard InChI is InChI=1S/C15H21NO3/c1-5-15(3,4)14(18)16-12-9-7-11(8-10-12)13(17)19-6-2/h7-10H,5-6H2,1-4H3,(H,16,18). The smallest absolute Gasteiger partial charge is 0.338 e. The molecule has 4 nitrogen and oxygen atoms in total. The fourth-order valence-corrected chi connectivity index (χ4v) is 1.36. The van der Waals surface area contributed by atoms with E-state index in [1.807, 2.05) is 20.8 Å². The summed E-state index contributed by atoms with van der Waals surface area (Å²) < 4.78 is 4.89. The van der Waals surface area contributed by atoms with E-state index in [4.69, 9.17) is 4.74 Å². The second-order valence-corrected chi connectivity index (χ2v) is 4.99. The largest absolute Gasteiger partial charge is 0.462 e. The van der Waals surface area contributed by atoms with Crippen molar-refractivity contribution in [3.05, 3.63) is 29.8 Å². The van der Waals surface area contributed by atoms with Crippen LogP contribution in [0.2, 0.25) is 0 Å². The fraction of sp³-hybridized carbons (Fsp3) is 0.467. The van der Waals surface area contributed by atoms with Crippen molar-refractivity contribution in [1.82, 2.24) is 0 Å². The van der Waals surface area contributed by atoms with Crippen molar-refractivity contribution in [2.45, 2.75) is 34.1 Å². The summed E-state index contributed by atoms with van der Waals surface area (Å²) >= 11 is 0. The molecular formula is C15H21NO3. The Bertz CT molecular complexity index is 449. The maximum Gasteiger partial charge on any atom is 0.338 e. The van der Waals surface area contributed by atoms with Gasteiger partial charge >= 0.3 is 5.97 Å². The number of esters is 1. The van der Waals surface area contributed by atoms with Gasteiger partial charge in [0.15, 0.2) is 0 Å². The number of hydrogen-bond acceptors (Lipinski definition) is 3. The predicted octanol–water partition coefficient (Wildman–Crippen LogP) is 3.24. The van der Waals surface area contributed by atoms with Crippen LogP contribution in [-0.2, 0) is 9.53 Å². The van der Waals surface area contributed by atoms with Crippen LogP contribution >= 0.6 is 0 Å². The highest BCUT2D eigenvalue weighted by molar-refractivity contribution is 5.95. The van der Waals surface area contributed by atoms with E-state index in [0.717, 1.165) is 6.42 Å². The first-order chi connectivity index (χ1) is 8.90. The molecule has 0 spiro atoms. The van der Waals surface area contributed by atoms with Gasteiger partial charge in [-0.1, -0.05) is 20.8 Å². The lowest BCUT2D eigenvalue weighted by atomic mass is 9.89. The Morgan fingerprint density at radius 2 is 1.74 bits per heavy atom. The Morgan fingerprint density at radius 1 is 1.16 bits per heavy atom. The van der Waals surface area contributed by atoms with Gasteiger partial charge in [0.25, 0.3) is 0 Å². The Morgan fingerprint density at radius 3 is 2.21 bits per heavy atom. The van der Waals surface area contributed by atoms with Crippen molar-refractivity contribution in [3.63, 3.8) is 0 Å². The van der Waals surface area contributed by atoms with E-state index in [0.29, 0.717) is 17.9 Å². The van der Waals surface area contributed by atoms with Gasteiger partial charge in [0.05, 0.1) is 12.2 Å². The lowest BCUT2D eigenvalue weighted by molar-refractivity contribution is -0.124. The van der Waals surface area contributed by atoms with Gasteiger partial charge in [0.2, 0.25) is 5.91 Å². The summed E-state index contributed by atoms with van der Waals surface area (Å²) in [5, 5.41) is 2.84. The van der Waals surface area contributed by atoms with Crippen LogP contribution in [0.1, 0.15) is 44.5 Å². The monoisotopic (exact) mass is 263 g/mol. The highest BCUT2D eigenvalue weighted by atomic mass is 16.5. The Kier molecular flexibility index (Phi) is 5.10. The lowest BCUT2D eigenvalue weighted by Crippen LogP contribution is -2.29. The molecule has 1 rings (SSSR count). The molecule has 0 aromatic heterocycles. The SMILES string of the molecule is CCOC(=O)c1ccc(NC(=O)C(C)(C)CC)cc1. The first-order valence-corrected chi connectivity index (χ1v) is 6.49. The minimum Gasteiger partial charge on any atom is -0.462 e. The number of carbonyl (C=O) groups is 2. The third-order valence-corrected chi connectivity index (χ3v) is 3.15. The maximum atomic E-state index is 12.0. The third-order valence-electron chi connectivity index (χ3n) is 3.15. The van der Waals surface area contributed by atoms with Gasteiger partial charge in [0, 0.05) is 11.1 Å². The summed E-state index contributed by atoms with van der Waals surface area (Å²) in [6.07, 6.45) is 0.764. The first-order valence-electron chi connectivity index (χ1n) is 6.49. The number of amides is 1. The second kappa shape index (κ2) is 6.36. The molecule has 0 saturated carbocycles. The molecule has 104 valence electrons. The zero-order chi connectivity index (χ0) is 14.5. The van der Waals surface area contributed by atoms with Crippen LogP contribution < -0.4 is 5.32 Å². The number of carbonyl (C=O) groups excluding carboxylic acids is 2. The van der Waals surface area contributed by atoms with Gasteiger partial charge in [0.1, 0.15) is 0 Å². The zero-order valence-corrected chi connectivity index (χ0v) is 11.9. The van der Waals surface area contributed by atoms with Gasteiger partial charge in [-0.2, -0.15) is 0 Å². The Balaban J connectivity index is 2.72. The fourth-order valence-electron chi connectivity index (χ4n) is 1.36. The van der Waals surface area contributed by atoms with Crippen LogP contribution in [0.15, 0.2) is 24.3 Å². The van der Waals surface area contributed by atoms with E-state index in [2.05, 4.69) is 5.32 Å². The quantitative estimate of drug-likeness (QED) is 0.830. The molecule has 4 heteroatoms. The summed E-state index contributed by atoms with van der Waals surface area (Å²) in [6, 6.07) is 6.70. The van der Waals surface area contributed by atoms with E-state index in [1.165, 1.54) is 0 Å². The van der Waals surface area contributed by atoms with Crippen LogP contribution in [0.5, 0.6) is 0 Å². The summed E-state index contributed by atoms with van der Waals surface area (Å²) in [4.78, 5) is 23.5. The summed E-state index contributed by atoms with van der Waals surface area (Å²) in [6.45, 7) is 7.88. The Labute approximate surface area is 114 Å². The molecule has 0 radical (unpaired) electrons. The first kappa shape index (κ1) is 15.2. The number of hydrogen-bond donors (Lipinski definition) is 1. The molecule has 0 unspecified atom stereocenters. The van der Waals surface area contributed by atoms with E-state index in [1.54, 1.807) is 31.2 Å². The number of benzene rings is 1. The molecule has 0 fully saturated rings. The molecule has 0 aliphatic carbocycles. The number of anilines is 1. The molecule has 0 aliphatic rings. The van der Waals surface area contributed by atoms with Crippen LogP contribution in [-0.4, -0.2) is 18.5 Å². The molecule has 19 heavy (non-hydrogen) atoms. The lowest BCUT2D eigenvalue weighted by Gasteiger charge is -2.21. The highest BCUT2D eigenvalue weighted by Crippen LogP contribution is 2.22. The van der Waals surface area contributed by atoms with Crippen LogP contribution in [0, 0.1) is 5.41 Å². The third kappa shape index (κ3) is 4.09. The van der Waals surface area contributed by atoms with Crippen molar-refractivity contribution in [1.29, 1.82) is 0 Å². The van der Waals surface area contributed by atoms with Crippen LogP contribution in [0.4, 0.5) is 5.69 Å². The number of ether oxygens (including phenoxy) is 1. The summed E-state index contributed by atoms with van der Waals surface area (Å²) in [7, 11) is 0. The molecular weight excluding hydrogens is 242 g/mol. The average molecular weight is 263 g/mol. The molecule has 0 bridgehead atoms. The van der Waals surface area contributed by atoms with Gasteiger partial charge < -0.3 is 10.1 Å². The van der Waals surface area contributed by atoms with Gasteiger partial charge in [-0.15, -0.1) is 0 Å². The van der Waals surface area contributed by atoms with Crippen LogP contribution in [0.3, 0.4) is 0 Å². The molecule has 0 aliphatic heterocycles. The van der Waals surface area contributed by atoms with E-state index in [9.17, 15) is 9.59 Å². The van der Waals surface area contributed by atoms with E-state index >= 15 is 0 Å². The summed E-state index contributed by atoms with van der Waals surface area (Å²) in [5.74, 6) is -0.381. The second-order valence-electron chi connectivity index (χ2n) is 4.99. The van der Waals surface area contributed by atoms with Crippen molar-refractivity contribution in [3.8, 4) is 0 Å². The van der Waals surface area contributed by atoms with Crippen molar-refractivity contribution in [2.24, 2.45) is 5.41 Å². The molecule has 1 N–H and O–H groups in total. The Hall–Kier alpha value is -1.84. The minimum absolute atomic E-state index is 0.0288. The van der Waals surface area contributed by atoms with Crippen molar-refractivity contribution >= 4 is 17.6 Å². The average Bonchev–Trinajstić information content (AvgIpc) is 2.39. The molecule has 1 aromatic rings. The number of nitrogens with one attached hydrogen (secondary N) is 1. The minimum atomic E-state index is -0.403. The van der Waals surface area contributed by atoms with Crippen molar-refractivity contribution in [2.75, 3.05) is 11.9 Å². The van der Waals surface area contributed by atoms with Gasteiger partial charge in [-0.05, 0) is 37.6 Å². The zero-order valence-electron chi connectivity index (χ0n) is 11.9. The predicted molar refractivity (Wildman–Crippen MR) is 75.1 cm³/mol.